The van der Waals surface area contributed by atoms with E-state index in [1.165, 1.54) is 0 Å². The average Bonchev–Trinajstić information content (AvgIpc) is 2.61. The smallest absolute Gasteiger partial charge is 0.226 e. The number of hydrogen-bond donors (Lipinski definition) is 2. The number of benzene rings is 2. The van der Waals surface area contributed by atoms with Crippen molar-refractivity contribution in [3.8, 4) is 11.5 Å². The molecule has 2 aromatic carbocycles. The summed E-state index contributed by atoms with van der Waals surface area (Å²) in [5, 5.41) is 6.83. The summed E-state index contributed by atoms with van der Waals surface area (Å²) in [4.78, 5) is 12.0. The molecule has 0 aliphatic rings. The Bertz CT molecular complexity index is 814. The Hall–Kier alpha value is -2.02. The second kappa shape index (κ2) is 11.1. The van der Waals surface area contributed by atoms with Crippen molar-refractivity contribution in [1.82, 2.24) is 5.32 Å². The Morgan fingerprint density at radius 2 is 1.86 bits per heavy atom. The van der Waals surface area contributed by atoms with Crippen molar-refractivity contribution in [2.75, 3.05) is 11.9 Å². The first-order valence-corrected chi connectivity index (χ1v) is 9.95. The lowest BCUT2D eigenvalue weighted by atomic mass is 10.3. The van der Waals surface area contributed by atoms with Crippen LogP contribution in [0.15, 0.2) is 42.5 Å². The summed E-state index contributed by atoms with van der Waals surface area (Å²) in [5.41, 5.74) is 0.766. The molecule has 150 valence electrons. The molecule has 0 aliphatic carbocycles. The number of ether oxygens (including phenoxy) is 2. The standard InChI is InChI=1S/C20H22Cl2N2O3S/c1-13(2)27-16-8-6-15(7-9-16)23-20(28)24-19(25)4-3-11-26-18-10-5-14(21)12-17(18)22/h5-10,12-13H,3-4,11H2,1-2H3,(H2,23,24,25,28). The van der Waals surface area contributed by atoms with Crippen molar-refractivity contribution in [2.24, 2.45) is 0 Å². The molecule has 0 fully saturated rings. The van der Waals surface area contributed by atoms with E-state index in [2.05, 4.69) is 10.6 Å². The van der Waals surface area contributed by atoms with E-state index in [4.69, 9.17) is 44.9 Å². The summed E-state index contributed by atoms with van der Waals surface area (Å²) < 4.78 is 11.1. The Labute approximate surface area is 180 Å². The number of carbonyl (C=O) groups excluding carboxylic acids is 1. The Balaban J connectivity index is 1.68. The summed E-state index contributed by atoms with van der Waals surface area (Å²) in [7, 11) is 0. The van der Waals surface area contributed by atoms with Crippen LogP contribution in [0.5, 0.6) is 11.5 Å². The lowest BCUT2D eigenvalue weighted by Crippen LogP contribution is -2.34. The van der Waals surface area contributed by atoms with E-state index in [1.807, 2.05) is 38.1 Å². The molecule has 2 N–H and O–H groups in total. The molecule has 0 unspecified atom stereocenters. The van der Waals surface area contributed by atoms with Crippen LogP contribution < -0.4 is 20.1 Å². The minimum Gasteiger partial charge on any atom is -0.492 e. The van der Waals surface area contributed by atoms with Gasteiger partial charge in [0.1, 0.15) is 11.5 Å². The maximum absolute atomic E-state index is 12.0. The van der Waals surface area contributed by atoms with Crippen molar-refractivity contribution < 1.29 is 14.3 Å². The SMILES string of the molecule is CC(C)Oc1ccc(NC(=S)NC(=O)CCCOc2ccc(Cl)cc2Cl)cc1. The minimum absolute atomic E-state index is 0.110. The van der Waals surface area contributed by atoms with Gasteiger partial charge in [-0.05, 0) is 75.0 Å². The fourth-order valence-corrected chi connectivity index (χ4v) is 2.94. The molecule has 28 heavy (non-hydrogen) atoms. The Kier molecular flexibility index (Phi) is 8.83. The fraction of sp³-hybridized carbons (Fsp3) is 0.300. The third-order valence-corrected chi connectivity index (χ3v) is 4.17. The van der Waals surface area contributed by atoms with Gasteiger partial charge in [-0.1, -0.05) is 23.2 Å². The molecule has 0 bridgehead atoms. The van der Waals surface area contributed by atoms with E-state index < -0.39 is 0 Å². The monoisotopic (exact) mass is 440 g/mol. The number of amides is 1. The zero-order chi connectivity index (χ0) is 20.5. The Morgan fingerprint density at radius 3 is 2.50 bits per heavy atom. The lowest BCUT2D eigenvalue weighted by molar-refractivity contribution is -0.119. The van der Waals surface area contributed by atoms with Gasteiger partial charge in [-0.2, -0.15) is 0 Å². The topological polar surface area (TPSA) is 59.6 Å². The molecule has 0 radical (unpaired) electrons. The van der Waals surface area contributed by atoms with Crippen LogP contribution in [0.2, 0.25) is 10.0 Å². The number of hydrogen-bond acceptors (Lipinski definition) is 4. The van der Waals surface area contributed by atoms with Gasteiger partial charge in [-0.25, -0.2) is 0 Å². The second-order valence-electron chi connectivity index (χ2n) is 6.22. The maximum Gasteiger partial charge on any atom is 0.226 e. The minimum atomic E-state index is -0.192. The van der Waals surface area contributed by atoms with Crippen molar-refractivity contribution in [3.63, 3.8) is 0 Å². The highest BCUT2D eigenvalue weighted by atomic mass is 35.5. The first kappa shape index (κ1) is 22.3. The molecular weight excluding hydrogens is 419 g/mol. The average molecular weight is 441 g/mol. The van der Waals surface area contributed by atoms with Gasteiger partial charge < -0.3 is 20.1 Å². The summed E-state index contributed by atoms with van der Waals surface area (Å²) >= 11 is 17.0. The maximum atomic E-state index is 12.0. The molecule has 0 aliphatic heterocycles. The molecule has 2 aromatic rings. The highest BCUT2D eigenvalue weighted by Crippen LogP contribution is 2.27. The Morgan fingerprint density at radius 1 is 1.14 bits per heavy atom. The lowest BCUT2D eigenvalue weighted by Gasteiger charge is -2.12. The predicted molar refractivity (Wildman–Crippen MR) is 118 cm³/mol. The van der Waals surface area contributed by atoms with E-state index in [0.717, 1.165) is 11.4 Å². The number of carbonyl (C=O) groups is 1. The molecule has 0 saturated carbocycles. The van der Waals surface area contributed by atoms with Gasteiger partial charge in [-0.15, -0.1) is 0 Å². The van der Waals surface area contributed by atoms with Crippen molar-refractivity contribution in [2.45, 2.75) is 32.8 Å². The molecular formula is C20H22Cl2N2O3S. The van der Waals surface area contributed by atoms with Crippen LogP contribution in [0.3, 0.4) is 0 Å². The van der Waals surface area contributed by atoms with Gasteiger partial charge >= 0.3 is 0 Å². The van der Waals surface area contributed by atoms with E-state index >= 15 is 0 Å². The van der Waals surface area contributed by atoms with Gasteiger partial charge in [0.2, 0.25) is 5.91 Å². The normalized spacial score (nSPS) is 10.5. The van der Waals surface area contributed by atoms with E-state index in [1.54, 1.807) is 18.2 Å². The third-order valence-electron chi connectivity index (χ3n) is 3.44. The molecule has 1 amide bonds. The van der Waals surface area contributed by atoms with Crippen LogP contribution in [0.25, 0.3) is 0 Å². The van der Waals surface area contributed by atoms with E-state index in [-0.39, 0.29) is 23.5 Å². The van der Waals surface area contributed by atoms with Gasteiger partial charge in [0.15, 0.2) is 5.11 Å². The zero-order valence-corrected chi connectivity index (χ0v) is 18.0. The predicted octanol–water partition coefficient (Wildman–Crippen LogP) is 5.45. The van der Waals surface area contributed by atoms with Crippen molar-refractivity contribution in [1.29, 1.82) is 0 Å². The number of anilines is 1. The fourth-order valence-electron chi connectivity index (χ4n) is 2.25. The molecule has 0 heterocycles. The molecule has 0 spiro atoms. The summed E-state index contributed by atoms with van der Waals surface area (Å²) in [6.07, 6.45) is 0.905. The number of nitrogens with one attached hydrogen (secondary N) is 2. The summed E-state index contributed by atoms with van der Waals surface area (Å²) in [5.74, 6) is 1.12. The highest BCUT2D eigenvalue weighted by Gasteiger charge is 2.07. The molecule has 0 saturated heterocycles. The molecule has 0 atom stereocenters. The first-order valence-electron chi connectivity index (χ1n) is 8.79. The summed E-state index contributed by atoms with van der Waals surface area (Å²) in [6.45, 7) is 4.28. The first-order chi connectivity index (χ1) is 13.3. The number of thiocarbonyl (C=S) groups is 1. The van der Waals surface area contributed by atoms with Crippen LogP contribution in [-0.4, -0.2) is 23.7 Å². The second-order valence-corrected chi connectivity index (χ2v) is 7.47. The van der Waals surface area contributed by atoms with Gasteiger partial charge in [-0.3, -0.25) is 4.79 Å². The molecule has 5 nitrogen and oxygen atoms in total. The van der Waals surface area contributed by atoms with Gasteiger partial charge in [0.25, 0.3) is 0 Å². The van der Waals surface area contributed by atoms with Crippen LogP contribution in [0.4, 0.5) is 5.69 Å². The van der Waals surface area contributed by atoms with Crippen LogP contribution in [-0.2, 0) is 4.79 Å². The molecule has 0 aromatic heterocycles. The number of rotatable bonds is 8. The van der Waals surface area contributed by atoms with E-state index in [9.17, 15) is 4.79 Å². The van der Waals surface area contributed by atoms with Crippen LogP contribution in [0.1, 0.15) is 26.7 Å². The van der Waals surface area contributed by atoms with Gasteiger partial charge in [0.05, 0.1) is 17.7 Å². The van der Waals surface area contributed by atoms with Crippen LogP contribution >= 0.6 is 35.4 Å². The van der Waals surface area contributed by atoms with Crippen molar-refractivity contribution in [3.05, 3.63) is 52.5 Å². The highest BCUT2D eigenvalue weighted by molar-refractivity contribution is 7.80. The van der Waals surface area contributed by atoms with Gasteiger partial charge in [0, 0.05) is 17.1 Å². The summed E-state index contributed by atoms with van der Waals surface area (Å²) in [6, 6.07) is 12.3. The molecule has 2 rings (SSSR count). The number of halogens is 2. The van der Waals surface area contributed by atoms with E-state index in [0.29, 0.717) is 28.8 Å². The zero-order valence-electron chi connectivity index (χ0n) is 15.6. The quantitative estimate of drug-likeness (QED) is 0.421. The molecule has 8 heteroatoms. The largest absolute Gasteiger partial charge is 0.492 e. The van der Waals surface area contributed by atoms with Crippen molar-refractivity contribution >= 4 is 52.1 Å². The third kappa shape index (κ3) is 7.92. The van der Waals surface area contributed by atoms with Crippen LogP contribution in [0, 0.1) is 0 Å².